The molecular formula is C28H32FN5O3. The summed E-state index contributed by atoms with van der Waals surface area (Å²) in [6.07, 6.45) is 7.29. The molecule has 4 aliphatic carbocycles. The number of ketones is 1. The minimum atomic E-state index is -1.59. The number of carbonyl (C=O) groups is 1. The highest BCUT2D eigenvalue weighted by atomic mass is 19.1. The second-order valence-corrected chi connectivity index (χ2v) is 11.9. The van der Waals surface area contributed by atoms with Crippen molar-refractivity contribution in [3.05, 3.63) is 63.6 Å². The molecule has 8 nitrogen and oxygen atoms in total. The van der Waals surface area contributed by atoms with Crippen LogP contribution in [0.15, 0.2) is 41.1 Å². The largest absolute Gasteiger partial charge is 0.393 e. The molecule has 6 rings (SSSR count). The molecule has 0 saturated heterocycles. The van der Waals surface area contributed by atoms with Crippen molar-refractivity contribution in [2.75, 3.05) is 6.54 Å². The summed E-state index contributed by atoms with van der Waals surface area (Å²) in [4.78, 5) is 15.7. The van der Waals surface area contributed by atoms with Crippen LogP contribution < -0.4 is 0 Å². The van der Waals surface area contributed by atoms with E-state index in [9.17, 15) is 19.4 Å². The van der Waals surface area contributed by atoms with Gasteiger partial charge in [0, 0.05) is 10.3 Å². The van der Waals surface area contributed by atoms with E-state index < -0.39 is 22.9 Å². The van der Waals surface area contributed by atoms with Gasteiger partial charge in [-0.3, -0.25) is 4.79 Å². The fourth-order valence-corrected chi connectivity index (χ4v) is 8.66. The molecule has 0 radical (unpaired) electrons. The van der Waals surface area contributed by atoms with Crippen molar-refractivity contribution in [1.82, 2.24) is 9.78 Å². The Kier molecular flexibility index (Phi) is 5.43. The molecule has 37 heavy (non-hydrogen) atoms. The molecule has 3 fully saturated rings. The molecule has 0 spiro atoms. The van der Waals surface area contributed by atoms with Gasteiger partial charge in [-0.1, -0.05) is 24.5 Å². The first-order valence-electron chi connectivity index (χ1n) is 13.1. The van der Waals surface area contributed by atoms with Gasteiger partial charge in [-0.15, -0.1) is 0 Å². The van der Waals surface area contributed by atoms with Gasteiger partial charge >= 0.3 is 0 Å². The van der Waals surface area contributed by atoms with Crippen molar-refractivity contribution < 1.29 is 19.4 Å². The van der Waals surface area contributed by atoms with E-state index in [1.165, 1.54) is 17.7 Å². The maximum Gasteiger partial charge on any atom is 0.170 e. The van der Waals surface area contributed by atoms with E-state index in [-0.39, 0.29) is 35.5 Å². The normalized spacial score (nSPS) is 37.9. The Morgan fingerprint density at radius 1 is 1.30 bits per heavy atom. The number of benzene rings is 1. The van der Waals surface area contributed by atoms with Crippen LogP contribution in [0.3, 0.4) is 0 Å². The predicted molar refractivity (Wildman–Crippen MR) is 135 cm³/mol. The van der Waals surface area contributed by atoms with Gasteiger partial charge in [0.2, 0.25) is 0 Å². The monoisotopic (exact) mass is 505 g/mol. The van der Waals surface area contributed by atoms with Crippen LogP contribution in [-0.2, 0) is 11.2 Å². The number of hydrogen-bond donors (Lipinski definition) is 2. The van der Waals surface area contributed by atoms with Crippen molar-refractivity contribution in [3.8, 4) is 5.69 Å². The first-order chi connectivity index (χ1) is 17.6. The van der Waals surface area contributed by atoms with Gasteiger partial charge in [0.25, 0.3) is 0 Å². The third-order valence-electron chi connectivity index (χ3n) is 10.4. The van der Waals surface area contributed by atoms with E-state index in [0.717, 1.165) is 36.2 Å². The minimum Gasteiger partial charge on any atom is -0.393 e. The van der Waals surface area contributed by atoms with Gasteiger partial charge in [0.1, 0.15) is 11.4 Å². The van der Waals surface area contributed by atoms with Crippen LogP contribution in [0.1, 0.15) is 57.2 Å². The summed E-state index contributed by atoms with van der Waals surface area (Å²) in [5, 5.41) is 31.3. The van der Waals surface area contributed by atoms with E-state index >= 15 is 0 Å². The zero-order valence-corrected chi connectivity index (χ0v) is 21.1. The van der Waals surface area contributed by atoms with Crippen molar-refractivity contribution in [1.29, 1.82) is 0 Å². The van der Waals surface area contributed by atoms with Crippen molar-refractivity contribution >= 4 is 11.9 Å². The smallest absolute Gasteiger partial charge is 0.170 e. The quantitative estimate of drug-likeness (QED) is 0.353. The van der Waals surface area contributed by atoms with Crippen LogP contribution in [0.4, 0.5) is 4.39 Å². The lowest BCUT2D eigenvalue weighted by Crippen LogP contribution is -2.62. The number of carbonyl (C=O) groups excluding carboxylic acids is 1. The zero-order valence-electron chi connectivity index (χ0n) is 21.1. The molecule has 2 N–H and O–H groups in total. The molecule has 9 heteroatoms. The number of allylic oxidation sites excluding steroid dienone is 1. The Morgan fingerprint density at radius 3 is 2.78 bits per heavy atom. The molecule has 1 aromatic carbocycles. The maximum atomic E-state index is 13.5. The average Bonchev–Trinajstić information content (AvgIpc) is 3.38. The summed E-state index contributed by atoms with van der Waals surface area (Å²) in [5.74, 6) is -0.458. The summed E-state index contributed by atoms with van der Waals surface area (Å²) >= 11 is 0. The van der Waals surface area contributed by atoms with Crippen molar-refractivity contribution in [3.63, 3.8) is 0 Å². The van der Waals surface area contributed by atoms with Crippen LogP contribution in [0, 0.1) is 34.4 Å². The van der Waals surface area contributed by atoms with Gasteiger partial charge in [0.15, 0.2) is 5.78 Å². The molecule has 3 unspecified atom stereocenters. The van der Waals surface area contributed by atoms with Crippen LogP contribution in [-0.4, -0.2) is 44.0 Å². The minimum absolute atomic E-state index is 0.00229. The maximum absolute atomic E-state index is 13.5. The van der Waals surface area contributed by atoms with Crippen LogP contribution in [0.25, 0.3) is 22.2 Å². The number of halogens is 1. The molecule has 0 amide bonds. The number of nitrogens with zero attached hydrogens (tertiary/aromatic N) is 5. The number of Topliss-reactive ketones (excluding diaryl/α,β-unsaturated/α-hetero) is 1. The van der Waals surface area contributed by atoms with Gasteiger partial charge in [-0.05, 0) is 103 Å². The summed E-state index contributed by atoms with van der Waals surface area (Å²) in [6.45, 7) is 3.82. The summed E-state index contributed by atoms with van der Waals surface area (Å²) < 4.78 is 15.3. The topological polar surface area (TPSA) is 124 Å². The van der Waals surface area contributed by atoms with Gasteiger partial charge in [-0.2, -0.15) is 5.10 Å². The average molecular weight is 506 g/mol. The fraction of sp³-hybridized carbons (Fsp3) is 0.571. The van der Waals surface area contributed by atoms with Crippen molar-refractivity contribution in [2.24, 2.45) is 33.7 Å². The lowest BCUT2D eigenvalue weighted by Gasteiger charge is -2.60. The number of aliphatic hydroxyl groups is 2. The number of fused-ring (bicyclic) bond motifs is 6. The summed E-state index contributed by atoms with van der Waals surface area (Å²) in [6, 6.07) is 6.32. The Bertz CT molecular complexity index is 1350. The molecule has 0 bridgehead atoms. The highest BCUT2D eigenvalue weighted by Crippen LogP contribution is 2.67. The molecule has 194 valence electrons. The lowest BCUT2D eigenvalue weighted by molar-refractivity contribution is -0.178. The first kappa shape index (κ1) is 24.3. The van der Waals surface area contributed by atoms with E-state index in [0.29, 0.717) is 19.3 Å². The Balaban J connectivity index is 1.34. The predicted octanol–water partition coefficient (Wildman–Crippen LogP) is 4.77. The second-order valence-electron chi connectivity index (χ2n) is 11.9. The number of azide groups is 1. The molecule has 3 saturated carbocycles. The summed E-state index contributed by atoms with van der Waals surface area (Å²) in [7, 11) is 0. The SMILES string of the molecule is C[C@]12Cc3cnn(-c4ccc(F)cc4)c3C=C1CCC1C2[C@@H](O)C[C@@]2(C)C1CC[C@]2(O)C(=O)CN=[N+]=[N-]. The van der Waals surface area contributed by atoms with Crippen molar-refractivity contribution in [2.45, 2.75) is 64.1 Å². The van der Waals surface area contributed by atoms with Gasteiger partial charge < -0.3 is 10.2 Å². The molecule has 1 heterocycles. The van der Waals surface area contributed by atoms with E-state index in [4.69, 9.17) is 5.53 Å². The van der Waals surface area contributed by atoms with E-state index in [1.54, 1.807) is 12.1 Å². The van der Waals surface area contributed by atoms with Crippen LogP contribution >= 0.6 is 0 Å². The zero-order chi connectivity index (χ0) is 26.2. The molecule has 0 aliphatic heterocycles. The van der Waals surface area contributed by atoms with E-state index in [2.05, 4.69) is 28.1 Å². The van der Waals surface area contributed by atoms with E-state index in [1.807, 2.05) is 17.8 Å². The highest BCUT2D eigenvalue weighted by molar-refractivity contribution is 5.90. The fourth-order valence-electron chi connectivity index (χ4n) is 8.66. The number of aromatic nitrogens is 2. The number of rotatable bonds is 4. The third kappa shape index (κ3) is 3.30. The molecule has 1 aromatic heterocycles. The Labute approximate surface area is 214 Å². The van der Waals surface area contributed by atoms with Crippen LogP contribution in [0.2, 0.25) is 0 Å². The third-order valence-corrected chi connectivity index (χ3v) is 10.4. The highest BCUT2D eigenvalue weighted by Gasteiger charge is 2.68. The second kappa shape index (κ2) is 8.25. The molecule has 2 aromatic rings. The summed E-state index contributed by atoms with van der Waals surface area (Å²) in [5.41, 5.74) is 10.3. The standard InChI is InChI=1S/C28H32FN5O3/c1-26-12-16-14-32-34(19-6-4-18(29)5-7-19)22(16)11-17(26)3-8-20-21-9-10-28(37,24(36)15-31-33-30)27(21,2)13-23(35)25(20)26/h4-7,11,14,20-21,23,25,35,37H,3,8-10,12-13,15H2,1-2H3/t20?,21?,23-,25?,26-,27-,28-/m0/s1. The van der Waals surface area contributed by atoms with Gasteiger partial charge in [-0.25, -0.2) is 9.07 Å². The van der Waals surface area contributed by atoms with Crippen LogP contribution in [0.5, 0.6) is 0 Å². The molecule has 4 aliphatic rings. The Hall–Kier alpha value is -3.00. The Morgan fingerprint density at radius 2 is 2.05 bits per heavy atom. The molecular weight excluding hydrogens is 473 g/mol. The first-order valence-corrected chi connectivity index (χ1v) is 13.1. The number of aliphatic hydroxyl groups excluding tert-OH is 1. The number of hydrogen-bond acceptors (Lipinski definition) is 5. The van der Waals surface area contributed by atoms with Gasteiger partial charge in [0.05, 0.1) is 30.2 Å². The lowest BCUT2D eigenvalue weighted by atomic mass is 9.45. The molecule has 7 atom stereocenters.